The van der Waals surface area contributed by atoms with Crippen molar-refractivity contribution < 1.29 is 0 Å². The highest BCUT2D eigenvalue weighted by molar-refractivity contribution is 9.10. The van der Waals surface area contributed by atoms with Crippen LogP contribution in [0.2, 0.25) is 0 Å². The molecule has 20 heavy (non-hydrogen) atoms. The summed E-state index contributed by atoms with van der Waals surface area (Å²) in [5, 5.41) is 9.03. The number of imidazole rings is 1. The molecule has 0 saturated heterocycles. The van der Waals surface area contributed by atoms with Gasteiger partial charge in [0.2, 0.25) is 5.95 Å². The molecule has 0 unspecified atom stereocenters. The lowest BCUT2D eigenvalue weighted by atomic mass is 10.2. The fourth-order valence-corrected chi connectivity index (χ4v) is 2.45. The second-order valence-electron chi connectivity index (χ2n) is 4.55. The zero-order valence-corrected chi connectivity index (χ0v) is 12.3. The van der Waals surface area contributed by atoms with Crippen molar-refractivity contribution in [2.45, 2.75) is 6.92 Å². The minimum atomic E-state index is 0.414. The van der Waals surface area contributed by atoms with Crippen LogP contribution >= 0.6 is 15.9 Å². The quantitative estimate of drug-likeness (QED) is 0.743. The van der Waals surface area contributed by atoms with E-state index in [1.165, 1.54) is 0 Å². The van der Waals surface area contributed by atoms with Crippen LogP contribution in [0.1, 0.15) is 11.1 Å². The summed E-state index contributed by atoms with van der Waals surface area (Å²) in [4.78, 5) is 4.34. The predicted molar refractivity (Wildman–Crippen MR) is 82.6 cm³/mol. The van der Waals surface area contributed by atoms with E-state index in [4.69, 9.17) is 11.0 Å². The van der Waals surface area contributed by atoms with Crippen molar-refractivity contribution in [1.29, 1.82) is 5.26 Å². The van der Waals surface area contributed by atoms with Crippen molar-refractivity contribution in [3.05, 3.63) is 52.0 Å². The number of hydrogen-bond acceptors (Lipinski definition) is 3. The number of nitriles is 1. The number of nitrogen functional groups attached to an aromatic ring is 1. The number of aromatic nitrogens is 2. The van der Waals surface area contributed by atoms with E-state index < -0.39 is 0 Å². The van der Waals surface area contributed by atoms with Gasteiger partial charge in [-0.2, -0.15) is 5.26 Å². The Morgan fingerprint density at radius 2 is 2.05 bits per heavy atom. The van der Waals surface area contributed by atoms with Crippen LogP contribution in [-0.2, 0) is 0 Å². The topological polar surface area (TPSA) is 67.6 Å². The Labute approximate surface area is 124 Å². The van der Waals surface area contributed by atoms with Gasteiger partial charge in [-0.05, 0) is 48.9 Å². The third-order valence-electron chi connectivity index (χ3n) is 3.21. The van der Waals surface area contributed by atoms with Crippen LogP contribution in [0, 0.1) is 18.3 Å². The molecule has 0 fully saturated rings. The Morgan fingerprint density at radius 3 is 2.75 bits per heavy atom. The maximum absolute atomic E-state index is 9.03. The normalized spacial score (nSPS) is 10.7. The first-order valence-corrected chi connectivity index (χ1v) is 6.84. The molecule has 3 rings (SSSR count). The van der Waals surface area contributed by atoms with Crippen LogP contribution in [0.4, 0.5) is 5.95 Å². The van der Waals surface area contributed by atoms with Crippen molar-refractivity contribution in [3.8, 4) is 11.8 Å². The van der Waals surface area contributed by atoms with Gasteiger partial charge in [-0.1, -0.05) is 15.9 Å². The molecule has 0 aliphatic carbocycles. The molecular weight excluding hydrogens is 316 g/mol. The first kappa shape index (κ1) is 12.7. The molecule has 2 N–H and O–H groups in total. The molecule has 3 aromatic rings. The van der Waals surface area contributed by atoms with Gasteiger partial charge < -0.3 is 5.73 Å². The van der Waals surface area contributed by atoms with Crippen LogP contribution < -0.4 is 5.73 Å². The smallest absolute Gasteiger partial charge is 0.205 e. The van der Waals surface area contributed by atoms with Gasteiger partial charge in [-0.15, -0.1) is 0 Å². The van der Waals surface area contributed by atoms with Gasteiger partial charge in [-0.3, -0.25) is 4.57 Å². The van der Waals surface area contributed by atoms with Crippen molar-refractivity contribution in [2.75, 3.05) is 5.73 Å². The zero-order valence-electron chi connectivity index (χ0n) is 10.8. The highest BCUT2D eigenvalue weighted by Gasteiger charge is 2.11. The zero-order chi connectivity index (χ0) is 14.3. The highest BCUT2D eigenvalue weighted by Crippen LogP contribution is 2.26. The fraction of sp³-hybridized carbons (Fsp3) is 0.0667. The summed E-state index contributed by atoms with van der Waals surface area (Å²) in [5.74, 6) is 0.414. The maximum Gasteiger partial charge on any atom is 0.205 e. The Bertz CT molecular complexity index is 858. The van der Waals surface area contributed by atoms with E-state index in [2.05, 4.69) is 27.0 Å². The lowest BCUT2D eigenvalue weighted by molar-refractivity contribution is 1.10. The molecule has 0 amide bonds. The van der Waals surface area contributed by atoms with Crippen molar-refractivity contribution in [1.82, 2.24) is 9.55 Å². The number of fused-ring (bicyclic) bond motifs is 1. The number of nitrogens with two attached hydrogens (primary N) is 1. The minimum absolute atomic E-state index is 0.414. The first-order valence-electron chi connectivity index (χ1n) is 6.05. The molecule has 98 valence electrons. The van der Waals surface area contributed by atoms with Crippen LogP contribution in [0.5, 0.6) is 0 Å². The van der Waals surface area contributed by atoms with E-state index in [1.54, 1.807) is 12.1 Å². The van der Waals surface area contributed by atoms with Crippen molar-refractivity contribution in [2.24, 2.45) is 0 Å². The van der Waals surface area contributed by atoms with E-state index in [9.17, 15) is 0 Å². The van der Waals surface area contributed by atoms with E-state index in [0.29, 0.717) is 11.5 Å². The van der Waals surface area contributed by atoms with E-state index in [-0.39, 0.29) is 0 Å². The summed E-state index contributed by atoms with van der Waals surface area (Å²) in [6.45, 7) is 2.02. The molecular formula is C15H11BrN4. The van der Waals surface area contributed by atoms with Gasteiger partial charge in [0.05, 0.1) is 22.7 Å². The standard InChI is InChI=1S/C15H11BrN4/c1-9-6-11(3-4-12(9)16)20-14-7-10(8-17)2-5-13(14)19-15(20)18/h2-7H,1H3,(H2,18,19). The number of halogens is 1. The largest absolute Gasteiger partial charge is 0.369 e. The van der Waals surface area contributed by atoms with Gasteiger partial charge in [0, 0.05) is 10.2 Å². The summed E-state index contributed by atoms with van der Waals surface area (Å²) in [6.07, 6.45) is 0. The first-order chi connectivity index (χ1) is 9.60. The van der Waals surface area contributed by atoms with Crippen LogP contribution in [0.25, 0.3) is 16.7 Å². The molecule has 0 spiro atoms. The van der Waals surface area contributed by atoms with Crippen molar-refractivity contribution in [3.63, 3.8) is 0 Å². The molecule has 0 bridgehead atoms. The maximum atomic E-state index is 9.03. The van der Waals surface area contributed by atoms with Gasteiger partial charge >= 0.3 is 0 Å². The summed E-state index contributed by atoms with van der Waals surface area (Å²) in [5.41, 5.74) is 10.3. The van der Waals surface area contributed by atoms with E-state index >= 15 is 0 Å². The second kappa shape index (κ2) is 4.66. The number of anilines is 1. The van der Waals surface area contributed by atoms with Gasteiger partial charge in [0.1, 0.15) is 0 Å². The Hall–Kier alpha value is -2.32. The van der Waals surface area contributed by atoms with Gasteiger partial charge in [0.15, 0.2) is 0 Å². The number of benzene rings is 2. The number of hydrogen-bond donors (Lipinski definition) is 1. The summed E-state index contributed by atoms with van der Waals surface area (Å²) in [6, 6.07) is 13.5. The average Bonchev–Trinajstić information content (AvgIpc) is 2.77. The monoisotopic (exact) mass is 326 g/mol. The summed E-state index contributed by atoms with van der Waals surface area (Å²) in [7, 11) is 0. The molecule has 0 aliphatic rings. The Kier molecular flexibility index (Phi) is 2.96. The molecule has 0 saturated carbocycles. The molecule has 1 heterocycles. The summed E-state index contributed by atoms with van der Waals surface area (Å²) < 4.78 is 2.90. The molecule has 5 heteroatoms. The fourth-order valence-electron chi connectivity index (χ4n) is 2.20. The van der Waals surface area contributed by atoms with Crippen molar-refractivity contribution >= 4 is 32.9 Å². The Morgan fingerprint density at radius 1 is 1.25 bits per heavy atom. The lowest BCUT2D eigenvalue weighted by Crippen LogP contribution is -2.01. The van der Waals surface area contributed by atoms with Gasteiger partial charge in [-0.25, -0.2) is 4.98 Å². The molecule has 2 aromatic carbocycles. The summed E-state index contributed by atoms with van der Waals surface area (Å²) >= 11 is 3.48. The third-order valence-corrected chi connectivity index (χ3v) is 4.10. The molecule has 0 radical (unpaired) electrons. The SMILES string of the molecule is Cc1cc(-n2c(N)nc3ccc(C#N)cc32)ccc1Br. The lowest BCUT2D eigenvalue weighted by Gasteiger charge is -2.08. The number of nitrogens with zero attached hydrogens (tertiary/aromatic N) is 3. The minimum Gasteiger partial charge on any atom is -0.369 e. The van der Waals surface area contributed by atoms with Crippen LogP contribution in [0.3, 0.4) is 0 Å². The molecule has 1 aromatic heterocycles. The predicted octanol–water partition coefficient (Wildman–Crippen LogP) is 3.55. The highest BCUT2D eigenvalue weighted by atomic mass is 79.9. The second-order valence-corrected chi connectivity index (χ2v) is 5.41. The van der Waals surface area contributed by atoms with Crippen LogP contribution in [0.15, 0.2) is 40.9 Å². The van der Waals surface area contributed by atoms with Gasteiger partial charge in [0.25, 0.3) is 0 Å². The molecule has 0 aliphatic heterocycles. The molecule has 4 nitrogen and oxygen atoms in total. The van der Waals surface area contributed by atoms with Crippen LogP contribution in [-0.4, -0.2) is 9.55 Å². The number of rotatable bonds is 1. The number of aryl methyl sites for hydroxylation is 1. The van der Waals surface area contributed by atoms with E-state index in [0.717, 1.165) is 26.8 Å². The molecule has 0 atom stereocenters. The average molecular weight is 327 g/mol. The Balaban J connectivity index is 2.32. The third kappa shape index (κ3) is 1.95. The van der Waals surface area contributed by atoms with E-state index in [1.807, 2.05) is 35.8 Å².